The van der Waals surface area contributed by atoms with Crippen molar-refractivity contribution in [1.29, 1.82) is 0 Å². The molecule has 2 nitrogen and oxygen atoms in total. The molecule has 0 bridgehead atoms. The predicted octanol–water partition coefficient (Wildman–Crippen LogP) is 3.24. The molecular weight excluding hydrogens is 242 g/mol. The molecule has 2 aliphatic heterocycles. The van der Waals surface area contributed by atoms with Crippen LogP contribution in [-0.4, -0.2) is 24.7 Å². The zero-order chi connectivity index (χ0) is 12.2. The van der Waals surface area contributed by atoms with Gasteiger partial charge in [0.05, 0.1) is 6.61 Å². The average Bonchev–Trinajstić information content (AvgIpc) is 2.46. The first-order chi connectivity index (χ1) is 8.93. The first-order valence-corrected chi connectivity index (χ1v) is 8.12. The van der Waals surface area contributed by atoms with E-state index in [1.54, 1.807) is 0 Å². The Kier molecular flexibility index (Phi) is 4.11. The SMILES string of the molecule is c1ccc2c(c1)OCCC2NCC1CCSCC1. The molecule has 1 atom stereocenters. The van der Waals surface area contributed by atoms with Crippen LogP contribution in [0.5, 0.6) is 5.75 Å². The van der Waals surface area contributed by atoms with Crippen molar-refractivity contribution in [3.8, 4) is 5.75 Å². The molecule has 3 heteroatoms. The van der Waals surface area contributed by atoms with Crippen LogP contribution in [0.25, 0.3) is 0 Å². The molecule has 1 N–H and O–H groups in total. The van der Waals surface area contributed by atoms with E-state index < -0.39 is 0 Å². The molecule has 0 aliphatic carbocycles. The minimum Gasteiger partial charge on any atom is -0.493 e. The Labute approximate surface area is 113 Å². The van der Waals surface area contributed by atoms with E-state index in [4.69, 9.17) is 4.74 Å². The highest BCUT2D eigenvalue weighted by molar-refractivity contribution is 7.99. The maximum absolute atomic E-state index is 5.70. The minimum atomic E-state index is 0.490. The van der Waals surface area contributed by atoms with E-state index >= 15 is 0 Å². The summed E-state index contributed by atoms with van der Waals surface area (Å²) in [6, 6.07) is 8.94. The molecule has 1 unspecified atom stereocenters. The van der Waals surface area contributed by atoms with E-state index in [2.05, 4.69) is 41.3 Å². The van der Waals surface area contributed by atoms with Gasteiger partial charge in [-0.15, -0.1) is 0 Å². The summed E-state index contributed by atoms with van der Waals surface area (Å²) in [7, 11) is 0. The predicted molar refractivity (Wildman–Crippen MR) is 77.3 cm³/mol. The summed E-state index contributed by atoms with van der Waals surface area (Å²) in [6.45, 7) is 2.01. The lowest BCUT2D eigenvalue weighted by Crippen LogP contribution is -2.32. The van der Waals surface area contributed by atoms with Gasteiger partial charge in [-0.25, -0.2) is 0 Å². The fourth-order valence-corrected chi connectivity index (χ4v) is 4.02. The van der Waals surface area contributed by atoms with Crippen LogP contribution in [0.4, 0.5) is 0 Å². The third-order valence-electron chi connectivity index (χ3n) is 3.95. The third kappa shape index (κ3) is 2.83. The Bertz CT molecular complexity index is 390. The van der Waals surface area contributed by atoms with Gasteiger partial charge >= 0.3 is 0 Å². The van der Waals surface area contributed by atoms with Gasteiger partial charge in [0.2, 0.25) is 0 Å². The zero-order valence-corrected chi connectivity index (χ0v) is 11.5. The Morgan fingerprint density at radius 3 is 2.89 bits per heavy atom. The van der Waals surface area contributed by atoms with E-state index in [-0.39, 0.29) is 0 Å². The molecule has 98 valence electrons. The Balaban J connectivity index is 1.60. The van der Waals surface area contributed by atoms with Gasteiger partial charge in [0, 0.05) is 18.0 Å². The summed E-state index contributed by atoms with van der Waals surface area (Å²) in [6.07, 6.45) is 3.85. The number of thioether (sulfide) groups is 1. The second kappa shape index (κ2) is 5.98. The van der Waals surface area contributed by atoms with Crippen LogP contribution in [0.15, 0.2) is 24.3 Å². The topological polar surface area (TPSA) is 21.3 Å². The molecule has 1 aromatic carbocycles. The van der Waals surface area contributed by atoms with Crippen LogP contribution in [0, 0.1) is 5.92 Å². The van der Waals surface area contributed by atoms with Gasteiger partial charge in [-0.1, -0.05) is 18.2 Å². The van der Waals surface area contributed by atoms with Gasteiger partial charge in [-0.05, 0) is 42.9 Å². The molecule has 0 saturated carbocycles. The maximum Gasteiger partial charge on any atom is 0.124 e. The van der Waals surface area contributed by atoms with Gasteiger partial charge in [0.1, 0.15) is 5.75 Å². The molecule has 18 heavy (non-hydrogen) atoms. The Morgan fingerprint density at radius 2 is 2.00 bits per heavy atom. The summed E-state index contributed by atoms with van der Waals surface area (Å²) in [4.78, 5) is 0. The van der Waals surface area contributed by atoms with E-state index in [1.165, 1.54) is 36.5 Å². The van der Waals surface area contributed by atoms with Crippen molar-refractivity contribution in [3.63, 3.8) is 0 Å². The quantitative estimate of drug-likeness (QED) is 0.904. The van der Waals surface area contributed by atoms with Crippen molar-refractivity contribution in [1.82, 2.24) is 5.32 Å². The van der Waals surface area contributed by atoms with Crippen LogP contribution >= 0.6 is 11.8 Å². The molecule has 1 fully saturated rings. The molecule has 2 aliphatic rings. The first-order valence-electron chi connectivity index (χ1n) is 6.96. The fourth-order valence-electron chi connectivity index (χ4n) is 2.81. The lowest BCUT2D eigenvalue weighted by Gasteiger charge is -2.29. The number of hydrogen-bond donors (Lipinski definition) is 1. The number of nitrogens with one attached hydrogen (secondary N) is 1. The normalized spacial score (nSPS) is 24.3. The second-order valence-corrected chi connectivity index (χ2v) is 6.42. The largest absolute Gasteiger partial charge is 0.493 e. The average molecular weight is 263 g/mol. The van der Waals surface area contributed by atoms with Gasteiger partial charge in [-0.3, -0.25) is 0 Å². The monoisotopic (exact) mass is 263 g/mol. The smallest absolute Gasteiger partial charge is 0.124 e. The van der Waals surface area contributed by atoms with E-state index in [0.29, 0.717) is 6.04 Å². The van der Waals surface area contributed by atoms with Gasteiger partial charge in [0.25, 0.3) is 0 Å². The molecule has 1 saturated heterocycles. The van der Waals surface area contributed by atoms with Crippen LogP contribution in [0.2, 0.25) is 0 Å². The van der Waals surface area contributed by atoms with Crippen LogP contribution in [0.3, 0.4) is 0 Å². The van der Waals surface area contributed by atoms with Crippen LogP contribution < -0.4 is 10.1 Å². The van der Waals surface area contributed by atoms with Crippen LogP contribution in [-0.2, 0) is 0 Å². The van der Waals surface area contributed by atoms with Gasteiger partial charge in [0.15, 0.2) is 0 Å². The molecule has 2 heterocycles. The number of fused-ring (bicyclic) bond motifs is 1. The van der Waals surface area contributed by atoms with Crippen molar-refractivity contribution in [3.05, 3.63) is 29.8 Å². The lowest BCUT2D eigenvalue weighted by atomic mass is 9.98. The standard InChI is InChI=1S/C15H21NOS/c1-2-4-15-13(3-1)14(5-8-17-15)16-11-12-6-9-18-10-7-12/h1-4,12,14,16H,5-11H2. The van der Waals surface area contributed by atoms with E-state index in [1.807, 2.05) is 0 Å². The van der Waals surface area contributed by atoms with Crippen molar-refractivity contribution in [2.45, 2.75) is 25.3 Å². The summed E-state index contributed by atoms with van der Waals surface area (Å²) in [5, 5.41) is 3.76. The van der Waals surface area contributed by atoms with Crippen molar-refractivity contribution in [2.24, 2.45) is 5.92 Å². The molecule has 3 rings (SSSR count). The highest BCUT2D eigenvalue weighted by atomic mass is 32.2. The van der Waals surface area contributed by atoms with Gasteiger partial charge < -0.3 is 10.1 Å². The number of para-hydroxylation sites is 1. The lowest BCUT2D eigenvalue weighted by molar-refractivity contribution is 0.247. The number of hydrogen-bond acceptors (Lipinski definition) is 3. The second-order valence-electron chi connectivity index (χ2n) is 5.19. The Morgan fingerprint density at radius 1 is 1.17 bits per heavy atom. The summed E-state index contributed by atoms with van der Waals surface area (Å²) >= 11 is 2.10. The van der Waals surface area contributed by atoms with E-state index in [0.717, 1.165) is 24.7 Å². The molecule has 1 aromatic rings. The summed E-state index contributed by atoms with van der Waals surface area (Å²) < 4.78 is 5.70. The summed E-state index contributed by atoms with van der Waals surface area (Å²) in [5.41, 5.74) is 1.34. The third-order valence-corrected chi connectivity index (χ3v) is 5.00. The van der Waals surface area contributed by atoms with Crippen molar-refractivity contribution in [2.75, 3.05) is 24.7 Å². The maximum atomic E-state index is 5.70. The zero-order valence-electron chi connectivity index (χ0n) is 10.7. The molecule has 0 radical (unpaired) electrons. The molecular formula is C15H21NOS. The fraction of sp³-hybridized carbons (Fsp3) is 0.600. The van der Waals surface area contributed by atoms with Gasteiger partial charge in [-0.2, -0.15) is 11.8 Å². The Hall–Kier alpha value is -0.670. The minimum absolute atomic E-state index is 0.490. The highest BCUT2D eigenvalue weighted by Crippen LogP contribution is 2.32. The number of ether oxygens (including phenoxy) is 1. The van der Waals surface area contributed by atoms with Crippen molar-refractivity contribution >= 4 is 11.8 Å². The number of benzene rings is 1. The van der Waals surface area contributed by atoms with Crippen molar-refractivity contribution < 1.29 is 4.74 Å². The first kappa shape index (κ1) is 12.4. The summed E-state index contributed by atoms with van der Waals surface area (Å²) in [5.74, 6) is 4.63. The molecule has 0 aromatic heterocycles. The molecule has 0 amide bonds. The highest BCUT2D eigenvalue weighted by Gasteiger charge is 2.22. The molecule has 0 spiro atoms. The number of rotatable bonds is 3. The van der Waals surface area contributed by atoms with Crippen LogP contribution in [0.1, 0.15) is 30.9 Å². The van der Waals surface area contributed by atoms with E-state index in [9.17, 15) is 0 Å².